The van der Waals surface area contributed by atoms with Crippen molar-refractivity contribution < 1.29 is 18.7 Å². The second-order valence-corrected chi connectivity index (χ2v) is 7.04. The molecule has 0 unspecified atom stereocenters. The number of anilines is 1. The van der Waals surface area contributed by atoms with Crippen molar-refractivity contribution in [1.82, 2.24) is 9.47 Å². The van der Waals surface area contributed by atoms with Crippen molar-refractivity contribution in [2.24, 2.45) is 0 Å². The van der Waals surface area contributed by atoms with Gasteiger partial charge in [0.05, 0.1) is 23.9 Å². The fraction of sp³-hybridized carbons (Fsp3) is 0.273. The molecule has 0 aliphatic carbocycles. The number of fused-ring (bicyclic) bond motifs is 1. The number of nitrogens with zero attached hydrogens (tertiary/aromatic N) is 3. The molecule has 3 aromatic rings. The summed E-state index contributed by atoms with van der Waals surface area (Å²) < 4.78 is 20.6. The number of ether oxygens (including phenoxy) is 1. The Kier molecular flexibility index (Phi) is 4.96. The van der Waals surface area contributed by atoms with Crippen molar-refractivity contribution in [3.63, 3.8) is 0 Å². The van der Waals surface area contributed by atoms with Crippen molar-refractivity contribution >= 4 is 28.4 Å². The zero-order valence-corrected chi connectivity index (χ0v) is 16.4. The summed E-state index contributed by atoms with van der Waals surface area (Å²) in [4.78, 5) is 29.0. The Morgan fingerprint density at radius 3 is 2.45 bits per heavy atom. The maximum absolute atomic E-state index is 13.8. The van der Waals surface area contributed by atoms with Crippen molar-refractivity contribution in [3.8, 4) is 5.75 Å². The van der Waals surface area contributed by atoms with Gasteiger partial charge in [0.1, 0.15) is 11.6 Å². The average molecular weight is 395 g/mol. The van der Waals surface area contributed by atoms with Gasteiger partial charge in [-0.25, -0.2) is 4.39 Å². The fourth-order valence-electron chi connectivity index (χ4n) is 3.85. The van der Waals surface area contributed by atoms with E-state index in [2.05, 4.69) is 4.90 Å². The van der Waals surface area contributed by atoms with Gasteiger partial charge in [0.2, 0.25) is 5.91 Å². The van der Waals surface area contributed by atoms with Crippen LogP contribution in [-0.2, 0) is 0 Å². The number of carbonyl (C=O) groups excluding carboxylic acids is 2. The molecule has 1 aromatic heterocycles. The molecule has 0 radical (unpaired) electrons. The van der Waals surface area contributed by atoms with Gasteiger partial charge in [-0.15, -0.1) is 0 Å². The number of benzene rings is 2. The minimum atomic E-state index is -0.436. The maximum atomic E-state index is 13.8. The lowest BCUT2D eigenvalue weighted by molar-refractivity contribution is 0.0748. The lowest BCUT2D eigenvalue weighted by Crippen LogP contribution is -2.48. The molecular formula is C22H22FN3O3. The van der Waals surface area contributed by atoms with Gasteiger partial charge in [0.25, 0.3) is 5.91 Å². The van der Waals surface area contributed by atoms with Crippen LogP contribution in [0, 0.1) is 5.82 Å². The molecule has 1 saturated heterocycles. The van der Waals surface area contributed by atoms with Crippen LogP contribution in [0.2, 0.25) is 0 Å². The zero-order chi connectivity index (χ0) is 20.5. The zero-order valence-electron chi connectivity index (χ0n) is 16.4. The number of piperazine rings is 1. The monoisotopic (exact) mass is 395 g/mol. The van der Waals surface area contributed by atoms with Gasteiger partial charge in [0.15, 0.2) is 0 Å². The highest BCUT2D eigenvalue weighted by molar-refractivity contribution is 6.09. The van der Waals surface area contributed by atoms with Crippen LogP contribution >= 0.6 is 0 Å². The van der Waals surface area contributed by atoms with Crippen LogP contribution in [0.4, 0.5) is 10.1 Å². The Balaban J connectivity index is 1.58. The van der Waals surface area contributed by atoms with Crippen molar-refractivity contribution in [2.75, 3.05) is 38.2 Å². The lowest BCUT2D eigenvalue weighted by Gasteiger charge is -2.36. The third-order valence-corrected chi connectivity index (χ3v) is 5.33. The number of hydrogen-bond acceptors (Lipinski definition) is 4. The first-order valence-electron chi connectivity index (χ1n) is 9.48. The van der Waals surface area contributed by atoms with E-state index in [1.165, 1.54) is 35.9 Å². The number of amides is 1. The molecule has 29 heavy (non-hydrogen) atoms. The van der Waals surface area contributed by atoms with Gasteiger partial charge < -0.3 is 14.5 Å². The number of hydrogen-bond donors (Lipinski definition) is 0. The highest BCUT2D eigenvalue weighted by atomic mass is 19.1. The summed E-state index contributed by atoms with van der Waals surface area (Å²) in [6.07, 6.45) is 1.52. The number of carbonyl (C=O) groups is 2. The van der Waals surface area contributed by atoms with Gasteiger partial charge in [-0.2, -0.15) is 0 Å². The minimum absolute atomic E-state index is 0.194. The third-order valence-electron chi connectivity index (χ3n) is 5.33. The van der Waals surface area contributed by atoms with Crippen LogP contribution in [-0.4, -0.2) is 54.6 Å². The van der Waals surface area contributed by atoms with Gasteiger partial charge in [-0.3, -0.25) is 14.2 Å². The van der Waals surface area contributed by atoms with E-state index in [1.54, 1.807) is 12.0 Å². The SMILES string of the molecule is COc1ccccc1N1CCN(C(=O)c2cn(C(C)=O)c3ccc(F)cc23)CC1. The molecule has 1 fully saturated rings. The quantitative estimate of drug-likeness (QED) is 0.682. The van der Waals surface area contributed by atoms with Crippen LogP contribution in [0.3, 0.4) is 0 Å². The van der Waals surface area contributed by atoms with E-state index in [-0.39, 0.29) is 11.8 Å². The van der Waals surface area contributed by atoms with Crippen LogP contribution in [0.1, 0.15) is 22.1 Å². The van der Waals surface area contributed by atoms with Crippen LogP contribution < -0.4 is 9.64 Å². The summed E-state index contributed by atoms with van der Waals surface area (Å²) in [5, 5.41) is 0.456. The summed E-state index contributed by atoms with van der Waals surface area (Å²) in [6, 6.07) is 11.9. The molecule has 0 saturated carbocycles. The molecule has 6 nitrogen and oxygen atoms in total. The summed E-state index contributed by atoms with van der Waals surface area (Å²) in [6.45, 7) is 3.79. The number of rotatable bonds is 3. The molecule has 0 N–H and O–H groups in total. The van der Waals surface area contributed by atoms with E-state index in [9.17, 15) is 14.0 Å². The molecule has 1 amide bonds. The molecule has 0 atom stereocenters. The Hall–Kier alpha value is -3.35. The normalized spacial score (nSPS) is 14.3. The largest absolute Gasteiger partial charge is 0.495 e. The first-order chi connectivity index (χ1) is 14.0. The minimum Gasteiger partial charge on any atom is -0.495 e. The number of halogens is 1. The predicted octanol–water partition coefficient (Wildman–Crippen LogP) is 3.41. The van der Waals surface area contributed by atoms with E-state index in [4.69, 9.17) is 4.74 Å². The van der Waals surface area contributed by atoms with Gasteiger partial charge in [0, 0.05) is 44.7 Å². The summed E-state index contributed by atoms with van der Waals surface area (Å²) in [5.74, 6) is -0.0527. The molecule has 150 valence electrons. The van der Waals surface area contributed by atoms with Gasteiger partial charge in [-0.1, -0.05) is 12.1 Å². The molecule has 0 bridgehead atoms. The second-order valence-electron chi connectivity index (χ2n) is 7.04. The number of aromatic nitrogens is 1. The second kappa shape index (κ2) is 7.58. The smallest absolute Gasteiger partial charge is 0.256 e. The van der Waals surface area contributed by atoms with Crippen molar-refractivity contribution in [2.45, 2.75) is 6.92 Å². The average Bonchev–Trinajstić information content (AvgIpc) is 3.12. The topological polar surface area (TPSA) is 54.8 Å². The third kappa shape index (κ3) is 3.44. The molecule has 0 spiro atoms. The fourth-order valence-corrected chi connectivity index (χ4v) is 3.85. The van der Waals surface area contributed by atoms with Gasteiger partial charge >= 0.3 is 0 Å². The van der Waals surface area contributed by atoms with Crippen molar-refractivity contribution in [3.05, 3.63) is 60.0 Å². The molecule has 1 aliphatic rings. The van der Waals surface area contributed by atoms with E-state index < -0.39 is 5.82 Å². The lowest BCUT2D eigenvalue weighted by atomic mass is 10.1. The summed E-state index contributed by atoms with van der Waals surface area (Å²) in [7, 11) is 1.64. The Labute approximate surface area is 168 Å². The highest BCUT2D eigenvalue weighted by Crippen LogP contribution is 2.29. The Morgan fingerprint density at radius 1 is 1.03 bits per heavy atom. The molecule has 2 aromatic carbocycles. The number of methoxy groups -OCH3 is 1. The van der Waals surface area contributed by atoms with Gasteiger partial charge in [-0.05, 0) is 30.3 Å². The molecular weight excluding hydrogens is 373 g/mol. The van der Waals surface area contributed by atoms with Crippen molar-refractivity contribution in [1.29, 1.82) is 0 Å². The van der Waals surface area contributed by atoms with E-state index >= 15 is 0 Å². The molecule has 7 heteroatoms. The highest BCUT2D eigenvalue weighted by Gasteiger charge is 2.26. The summed E-state index contributed by atoms with van der Waals surface area (Å²) in [5.41, 5.74) is 1.88. The first kappa shape index (κ1) is 19.0. The molecule has 1 aliphatic heterocycles. The Bertz CT molecular complexity index is 1080. The Morgan fingerprint density at radius 2 is 1.76 bits per heavy atom. The molecule has 2 heterocycles. The maximum Gasteiger partial charge on any atom is 0.256 e. The van der Waals surface area contributed by atoms with E-state index in [0.29, 0.717) is 42.6 Å². The van der Waals surface area contributed by atoms with Crippen LogP contribution in [0.25, 0.3) is 10.9 Å². The van der Waals surface area contributed by atoms with E-state index in [1.807, 2.05) is 24.3 Å². The molecule has 4 rings (SSSR count). The first-order valence-corrected chi connectivity index (χ1v) is 9.48. The van der Waals surface area contributed by atoms with E-state index in [0.717, 1.165) is 11.4 Å². The number of para-hydroxylation sites is 2. The summed E-state index contributed by atoms with van der Waals surface area (Å²) >= 11 is 0. The predicted molar refractivity (Wildman–Crippen MR) is 109 cm³/mol. The van der Waals surface area contributed by atoms with Crippen LogP contribution in [0.15, 0.2) is 48.7 Å². The standard InChI is InChI=1S/C22H22FN3O3/c1-15(27)26-14-18(17-13-16(23)7-8-19(17)26)22(28)25-11-9-24(10-12-25)20-5-3-4-6-21(20)29-2/h3-8,13-14H,9-12H2,1-2H3. The van der Waals surface area contributed by atoms with Crippen LogP contribution in [0.5, 0.6) is 5.75 Å².